The van der Waals surface area contributed by atoms with Crippen LogP contribution in [-0.2, 0) is 11.2 Å². The number of aromatic nitrogens is 3. The van der Waals surface area contributed by atoms with Crippen LogP contribution in [0.4, 0.5) is 10.1 Å². The molecule has 1 atom stereocenters. The molecular formula is C26H30FN5O3. The number of piperazine rings is 1. The smallest absolute Gasteiger partial charge is 0.273 e. The summed E-state index contributed by atoms with van der Waals surface area (Å²) < 4.78 is 19.8. The number of H-pyrrole nitrogens is 1. The molecule has 0 saturated carbocycles. The number of halogens is 1. The Morgan fingerprint density at radius 1 is 1.09 bits per heavy atom. The maximum absolute atomic E-state index is 14.0. The van der Waals surface area contributed by atoms with Gasteiger partial charge in [-0.15, -0.1) is 10.2 Å². The number of hydrogen-bond acceptors (Lipinski definition) is 6. The first-order valence-corrected chi connectivity index (χ1v) is 11.9. The summed E-state index contributed by atoms with van der Waals surface area (Å²) in [6.45, 7) is 6.19. The quantitative estimate of drug-likeness (QED) is 0.532. The van der Waals surface area contributed by atoms with Gasteiger partial charge >= 0.3 is 0 Å². The summed E-state index contributed by atoms with van der Waals surface area (Å²) in [6.07, 6.45) is 1.40. The van der Waals surface area contributed by atoms with Gasteiger partial charge in [0.05, 0.1) is 11.8 Å². The Labute approximate surface area is 203 Å². The number of aromatic amines is 1. The first kappa shape index (κ1) is 24.4. The van der Waals surface area contributed by atoms with Crippen molar-refractivity contribution >= 4 is 11.6 Å². The van der Waals surface area contributed by atoms with Crippen molar-refractivity contribution in [1.82, 2.24) is 20.1 Å². The molecule has 1 amide bonds. The van der Waals surface area contributed by atoms with Crippen LogP contribution in [0.25, 0.3) is 11.4 Å². The van der Waals surface area contributed by atoms with Gasteiger partial charge in [-0.1, -0.05) is 19.1 Å². The Balaban J connectivity index is 1.30. The van der Waals surface area contributed by atoms with Gasteiger partial charge in [0.15, 0.2) is 5.82 Å². The summed E-state index contributed by atoms with van der Waals surface area (Å²) in [7, 11) is 0. The fraction of sp³-hybridized carbons (Fsp3) is 0.385. The first-order chi connectivity index (χ1) is 16.9. The second kappa shape index (κ2) is 11.1. The lowest BCUT2D eigenvalue weighted by atomic mass is 10.2. The van der Waals surface area contributed by atoms with E-state index in [0.717, 1.165) is 17.7 Å². The molecule has 1 unspecified atom stereocenters. The van der Waals surface area contributed by atoms with E-state index in [-0.39, 0.29) is 41.9 Å². The number of anilines is 1. The van der Waals surface area contributed by atoms with E-state index in [9.17, 15) is 14.0 Å². The second-order valence-electron chi connectivity index (χ2n) is 8.63. The lowest BCUT2D eigenvalue weighted by Crippen LogP contribution is -2.49. The molecule has 4 rings (SSSR count). The molecule has 1 aliphatic heterocycles. The average Bonchev–Trinajstić information content (AvgIpc) is 2.88. The molecule has 0 radical (unpaired) electrons. The van der Waals surface area contributed by atoms with Crippen molar-refractivity contribution in [3.63, 3.8) is 0 Å². The molecule has 184 valence electrons. The van der Waals surface area contributed by atoms with Crippen molar-refractivity contribution < 1.29 is 13.9 Å². The van der Waals surface area contributed by atoms with E-state index in [1.807, 2.05) is 36.1 Å². The molecule has 1 aromatic heterocycles. The van der Waals surface area contributed by atoms with Crippen molar-refractivity contribution in [1.29, 1.82) is 0 Å². The maximum Gasteiger partial charge on any atom is 0.273 e. The number of amides is 1. The summed E-state index contributed by atoms with van der Waals surface area (Å²) in [5.41, 5.74) is 1.15. The molecule has 3 aromatic rings. The van der Waals surface area contributed by atoms with Crippen LogP contribution in [0.3, 0.4) is 0 Å². The number of para-hydroxylation sites is 1. The summed E-state index contributed by atoms with van der Waals surface area (Å²) >= 11 is 0. The highest BCUT2D eigenvalue weighted by molar-refractivity contribution is 5.76. The van der Waals surface area contributed by atoms with Crippen LogP contribution in [0.1, 0.15) is 32.4 Å². The van der Waals surface area contributed by atoms with Gasteiger partial charge in [0.1, 0.15) is 17.3 Å². The Bertz CT molecular complexity index is 1210. The molecule has 0 aliphatic carbocycles. The fourth-order valence-corrected chi connectivity index (χ4v) is 3.95. The van der Waals surface area contributed by atoms with E-state index in [1.54, 1.807) is 23.1 Å². The Morgan fingerprint density at radius 3 is 2.46 bits per heavy atom. The van der Waals surface area contributed by atoms with Gasteiger partial charge in [-0.3, -0.25) is 9.59 Å². The van der Waals surface area contributed by atoms with E-state index in [0.29, 0.717) is 37.7 Å². The molecule has 1 saturated heterocycles. The number of carbonyl (C=O) groups excluding carboxylic acids is 1. The molecule has 35 heavy (non-hydrogen) atoms. The third-order valence-electron chi connectivity index (χ3n) is 6.21. The number of rotatable bonds is 8. The van der Waals surface area contributed by atoms with Gasteiger partial charge in [0.2, 0.25) is 5.91 Å². The highest BCUT2D eigenvalue weighted by atomic mass is 19.1. The number of hydrogen-bond donors (Lipinski definition) is 1. The van der Waals surface area contributed by atoms with Gasteiger partial charge in [0, 0.05) is 44.6 Å². The molecule has 0 bridgehead atoms. The number of aryl methyl sites for hydroxylation is 1. The highest BCUT2D eigenvalue weighted by Gasteiger charge is 2.23. The molecular weight excluding hydrogens is 449 g/mol. The minimum absolute atomic E-state index is 0.0552. The molecule has 1 N–H and O–H groups in total. The highest BCUT2D eigenvalue weighted by Crippen LogP contribution is 2.21. The van der Waals surface area contributed by atoms with Gasteiger partial charge < -0.3 is 19.5 Å². The summed E-state index contributed by atoms with van der Waals surface area (Å²) in [5, 5.41) is 8.22. The van der Waals surface area contributed by atoms with Crippen molar-refractivity contribution in [2.24, 2.45) is 0 Å². The minimum atomic E-state index is -0.355. The van der Waals surface area contributed by atoms with Crippen LogP contribution >= 0.6 is 0 Å². The predicted molar refractivity (Wildman–Crippen MR) is 132 cm³/mol. The second-order valence-corrected chi connectivity index (χ2v) is 8.63. The van der Waals surface area contributed by atoms with E-state index in [1.165, 1.54) is 6.07 Å². The van der Waals surface area contributed by atoms with Gasteiger partial charge in [0.25, 0.3) is 5.56 Å². The maximum atomic E-state index is 14.0. The molecule has 9 heteroatoms. The molecule has 2 heterocycles. The normalized spacial score (nSPS) is 14.6. The predicted octanol–water partition coefficient (Wildman–Crippen LogP) is 3.43. The van der Waals surface area contributed by atoms with Crippen LogP contribution in [0, 0.1) is 5.82 Å². The van der Waals surface area contributed by atoms with E-state index < -0.39 is 0 Å². The SMILES string of the molecule is CCC(C)Oc1ccc(-c2nnc(CCC(=O)N3CCN(c4ccccc4F)CC3)c(=O)[nH]2)cc1. The number of nitrogens with one attached hydrogen (secondary N) is 1. The molecule has 2 aromatic carbocycles. The topological polar surface area (TPSA) is 91.4 Å². The van der Waals surface area contributed by atoms with Crippen LogP contribution in [0.2, 0.25) is 0 Å². The van der Waals surface area contributed by atoms with Gasteiger partial charge in [-0.05, 0) is 49.7 Å². The third kappa shape index (κ3) is 6.03. The standard InChI is InChI=1S/C26H30FN5O3/c1-3-18(2)35-20-10-8-19(9-11-20)25-28-26(34)22(29-30-25)12-13-24(33)32-16-14-31(15-17-32)23-7-5-4-6-21(23)27/h4-11,18H,3,12-17H2,1-2H3,(H,28,30,34). The first-order valence-electron chi connectivity index (χ1n) is 11.9. The molecule has 1 fully saturated rings. The Morgan fingerprint density at radius 2 is 1.80 bits per heavy atom. The number of nitrogens with zero attached hydrogens (tertiary/aromatic N) is 4. The van der Waals surface area contributed by atoms with Crippen LogP contribution in [0.15, 0.2) is 53.3 Å². The molecule has 0 spiro atoms. The molecule has 1 aliphatic rings. The van der Waals surface area contributed by atoms with E-state index in [2.05, 4.69) is 22.1 Å². The summed E-state index contributed by atoms with van der Waals surface area (Å²) in [4.78, 5) is 31.7. The lowest BCUT2D eigenvalue weighted by molar-refractivity contribution is -0.131. The van der Waals surface area contributed by atoms with Gasteiger partial charge in [-0.2, -0.15) is 0 Å². The van der Waals surface area contributed by atoms with Crippen molar-refractivity contribution in [3.8, 4) is 17.1 Å². The summed E-state index contributed by atoms with van der Waals surface area (Å²) in [5.74, 6) is 0.803. The monoisotopic (exact) mass is 479 g/mol. The summed E-state index contributed by atoms with van der Waals surface area (Å²) in [6, 6.07) is 14.0. The van der Waals surface area contributed by atoms with Crippen LogP contribution in [0.5, 0.6) is 5.75 Å². The van der Waals surface area contributed by atoms with E-state index >= 15 is 0 Å². The number of ether oxygens (including phenoxy) is 1. The van der Waals surface area contributed by atoms with Crippen molar-refractivity contribution in [3.05, 3.63) is 70.4 Å². The average molecular weight is 480 g/mol. The zero-order valence-corrected chi connectivity index (χ0v) is 20.0. The molecule has 8 nitrogen and oxygen atoms in total. The largest absolute Gasteiger partial charge is 0.491 e. The van der Waals surface area contributed by atoms with Crippen LogP contribution in [-0.4, -0.2) is 58.3 Å². The van der Waals surface area contributed by atoms with E-state index in [4.69, 9.17) is 4.74 Å². The van der Waals surface area contributed by atoms with Crippen molar-refractivity contribution in [2.45, 2.75) is 39.2 Å². The minimum Gasteiger partial charge on any atom is -0.491 e. The zero-order chi connectivity index (χ0) is 24.8. The lowest BCUT2D eigenvalue weighted by Gasteiger charge is -2.36. The Hall–Kier alpha value is -3.75. The Kier molecular flexibility index (Phi) is 7.74. The third-order valence-corrected chi connectivity index (χ3v) is 6.21. The number of benzene rings is 2. The fourth-order valence-electron chi connectivity index (χ4n) is 3.95. The van der Waals surface area contributed by atoms with Crippen molar-refractivity contribution in [2.75, 3.05) is 31.1 Å². The van der Waals surface area contributed by atoms with Gasteiger partial charge in [-0.25, -0.2) is 4.39 Å². The van der Waals surface area contributed by atoms with Crippen LogP contribution < -0.4 is 15.2 Å². The zero-order valence-electron chi connectivity index (χ0n) is 20.0. The number of carbonyl (C=O) groups is 1.